The molecule has 25 heavy (non-hydrogen) atoms. The predicted molar refractivity (Wildman–Crippen MR) is 106 cm³/mol. The molecule has 3 heteroatoms. The first-order valence-corrected chi connectivity index (χ1v) is 9.33. The van der Waals surface area contributed by atoms with Crippen LogP contribution in [0.2, 0.25) is 0 Å². The van der Waals surface area contributed by atoms with Crippen LogP contribution in [0.4, 0.5) is 5.69 Å². The van der Waals surface area contributed by atoms with Crippen LogP contribution in [-0.4, -0.2) is 38.9 Å². The summed E-state index contributed by atoms with van der Waals surface area (Å²) in [5, 5.41) is 3.68. The number of methoxy groups -OCH3 is 1. The minimum absolute atomic E-state index is 0.426. The lowest BCUT2D eigenvalue weighted by Crippen LogP contribution is -2.46. The Balaban J connectivity index is 1.57. The summed E-state index contributed by atoms with van der Waals surface area (Å²) in [6.45, 7) is 7.34. The lowest BCUT2D eigenvalue weighted by Gasteiger charge is -2.35. The number of piperidine rings is 1. The summed E-state index contributed by atoms with van der Waals surface area (Å²) >= 11 is 0. The molecule has 1 N–H and O–H groups in total. The van der Waals surface area contributed by atoms with Gasteiger partial charge in [-0.05, 0) is 49.9 Å². The average Bonchev–Trinajstić information content (AvgIpc) is 2.63. The van der Waals surface area contributed by atoms with E-state index in [0.29, 0.717) is 12.1 Å². The zero-order chi connectivity index (χ0) is 17.6. The number of nitrogens with one attached hydrogen (secondary N) is 1. The fourth-order valence-electron chi connectivity index (χ4n) is 3.69. The number of hydrogen-bond donors (Lipinski definition) is 1. The molecule has 0 amide bonds. The third-order valence-electron chi connectivity index (χ3n) is 5.02. The van der Waals surface area contributed by atoms with E-state index in [1.807, 2.05) is 0 Å². The van der Waals surface area contributed by atoms with E-state index in [1.54, 1.807) is 7.11 Å². The zero-order valence-corrected chi connectivity index (χ0v) is 15.7. The first-order chi connectivity index (χ1) is 12.2. The molecule has 0 bridgehead atoms. The number of benzene rings is 2. The summed E-state index contributed by atoms with van der Waals surface area (Å²) in [5.41, 5.74) is 5.22. The smallest absolute Gasteiger partial charge is 0.0613 e. The Kier molecular flexibility index (Phi) is 6.11. The van der Waals surface area contributed by atoms with Gasteiger partial charge in [-0.2, -0.15) is 0 Å². The maximum atomic E-state index is 5.22. The fourth-order valence-corrected chi connectivity index (χ4v) is 3.69. The second-order valence-corrected chi connectivity index (χ2v) is 7.20. The van der Waals surface area contributed by atoms with Crippen molar-refractivity contribution in [2.75, 3.05) is 31.7 Å². The molecule has 1 atom stereocenters. The van der Waals surface area contributed by atoms with E-state index in [4.69, 9.17) is 4.74 Å². The summed E-state index contributed by atoms with van der Waals surface area (Å²) in [7, 11) is 1.77. The Labute approximate surface area is 152 Å². The molecule has 3 nitrogen and oxygen atoms in total. The lowest BCUT2D eigenvalue weighted by atomic mass is 10.0. The highest BCUT2D eigenvalue weighted by atomic mass is 16.5. The summed E-state index contributed by atoms with van der Waals surface area (Å²) in [5.74, 6) is 0. The monoisotopic (exact) mass is 338 g/mol. The highest BCUT2D eigenvalue weighted by Crippen LogP contribution is 2.25. The number of anilines is 1. The Hall–Kier alpha value is -1.84. The number of aryl methyl sites for hydroxylation is 1. The highest BCUT2D eigenvalue weighted by molar-refractivity contribution is 5.67. The Morgan fingerprint density at radius 1 is 1.08 bits per heavy atom. The van der Waals surface area contributed by atoms with E-state index in [-0.39, 0.29) is 0 Å². The van der Waals surface area contributed by atoms with Crippen molar-refractivity contribution in [1.29, 1.82) is 0 Å². The van der Waals surface area contributed by atoms with Gasteiger partial charge >= 0.3 is 0 Å². The van der Waals surface area contributed by atoms with Crippen LogP contribution in [0.15, 0.2) is 48.5 Å². The molecule has 2 aromatic rings. The first kappa shape index (κ1) is 18.0. The second kappa shape index (κ2) is 8.50. The molecule has 1 heterocycles. The van der Waals surface area contributed by atoms with Gasteiger partial charge in [-0.25, -0.2) is 0 Å². The normalized spacial score (nSPS) is 16.8. The molecule has 1 unspecified atom stereocenters. The van der Waals surface area contributed by atoms with E-state index in [2.05, 4.69) is 72.6 Å². The largest absolute Gasteiger partial charge is 0.383 e. The maximum absolute atomic E-state index is 5.22. The van der Waals surface area contributed by atoms with Gasteiger partial charge in [-0.15, -0.1) is 0 Å². The molecule has 0 spiro atoms. The SMILES string of the molecule is COCC(C)NC1CCN(c2ccc(-c3cccc(C)c3)cc2)CC1. The molecule has 1 aliphatic rings. The van der Waals surface area contributed by atoms with Gasteiger partial charge < -0.3 is 15.0 Å². The average molecular weight is 338 g/mol. The van der Waals surface area contributed by atoms with Gasteiger partial charge in [0.2, 0.25) is 0 Å². The molecular weight excluding hydrogens is 308 g/mol. The van der Waals surface area contributed by atoms with Crippen molar-refractivity contribution in [3.8, 4) is 11.1 Å². The molecule has 2 aromatic carbocycles. The molecule has 1 fully saturated rings. The standard InChI is InChI=1S/C22H30N2O/c1-17-5-4-6-20(15-17)19-7-9-22(10-8-19)24-13-11-21(12-14-24)23-18(2)16-25-3/h4-10,15,18,21,23H,11-14,16H2,1-3H3. The van der Waals surface area contributed by atoms with E-state index in [0.717, 1.165) is 19.7 Å². The molecule has 1 saturated heterocycles. The van der Waals surface area contributed by atoms with Crippen LogP contribution in [-0.2, 0) is 4.74 Å². The molecule has 0 aromatic heterocycles. The van der Waals surface area contributed by atoms with E-state index in [1.165, 1.54) is 35.2 Å². The van der Waals surface area contributed by atoms with Crippen molar-refractivity contribution in [2.24, 2.45) is 0 Å². The highest BCUT2D eigenvalue weighted by Gasteiger charge is 2.20. The van der Waals surface area contributed by atoms with Gasteiger partial charge in [-0.3, -0.25) is 0 Å². The molecule has 1 aliphatic heterocycles. The van der Waals surface area contributed by atoms with Crippen molar-refractivity contribution in [3.05, 3.63) is 54.1 Å². The number of hydrogen-bond acceptors (Lipinski definition) is 3. The van der Waals surface area contributed by atoms with Gasteiger partial charge in [0, 0.05) is 38.0 Å². The van der Waals surface area contributed by atoms with Crippen LogP contribution in [0.25, 0.3) is 11.1 Å². The van der Waals surface area contributed by atoms with Crippen molar-refractivity contribution >= 4 is 5.69 Å². The third-order valence-corrected chi connectivity index (χ3v) is 5.02. The Bertz CT molecular complexity index is 660. The molecule has 0 aliphatic carbocycles. The first-order valence-electron chi connectivity index (χ1n) is 9.33. The van der Waals surface area contributed by atoms with Crippen LogP contribution < -0.4 is 10.2 Å². The second-order valence-electron chi connectivity index (χ2n) is 7.20. The molecular formula is C22H30N2O. The maximum Gasteiger partial charge on any atom is 0.0613 e. The van der Waals surface area contributed by atoms with E-state index >= 15 is 0 Å². The van der Waals surface area contributed by atoms with Crippen LogP contribution in [0, 0.1) is 6.92 Å². The van der Waals surface area contributed by atoms with Gasteiger partial charge in [0.1, 0.15) is 0 Å². The lowest BCUT2D eigenvalue weighted by molar-refractivity contribution is 0.163. The fraction of sp³-hybridized carbons (Fsp3) is 0.455. The number of ether oxygens (including phenoxy) is 1. The molecule has 0 saturated carbocycles. The molecule has 134 valence electrons. The van der Waals surface area contributed by atoms with Gasteiger partial charge in [0.05, 0.1) is 6.61 Å². The number of rotatable bonds is 6. The van der Waals surface area contributed by atoms with E-state index in [9.17, 15) is 0 Å². The predicted octanol–water partition coefficient (Wildman–Crippen LogP) is 4.26. The van der Waals surface area contributed by atoms with Crippen LogP contribution >= 0.6 is 0 Å². The van der Waals surface area contributed by atoms with Crippen molar-refractivity contribution in [2.45, 2.75) is 38.8 Å². The van der Waals surface area contributed by atoms with Crippen molar-refractivity contribution in [1.82, 2.24) is 5.32 Å². The summed E-state index contributed by atoms with van der Waals surface area (Å²) in [6, 6.07) is 18.7. The minimum Gasteiger partial charge on any atom is -0.383 e. The Morgan fingerprint density at radius 2 is 1.80 bits per heavy atom. The summed E-state index contributed by atoms with van der Waals surface area (Å²) < 4.78 is 5.22. The topological polar surface area (TPSA) is 24.5 Å². The van der Waals surface area contributed by atoms with Gasteiger partial charge in [0.25, 0.3) is 0 Å². The number of nitrogens with zero attached hydrogens (tertiary/aromatic N) is 1. The van der Waals surface area contributed by atoms with E-state index < -0.39 is 0 Å². The molecule has 0 radical (unpaired) electrons. The quantitative estimate of drug-likeness (QED) is 0.852. The Morgan fingerprint density at radius 3 is 2.44 bits per heavy atom. The van der Waals surface area contributed by atoms with Crippen LogP contribution in [0.3, 0.4) is 0 Å². The summed E-state index contributed by atoms with van der Waals surface area (Å²) in [4.78, 5) is 2.50. The van der Waals surface area contributed by atoms with Crippen molar-refractivity contribution in [3.63, 3.8) is 0 Å². The van der Waals surface area contributed by atoms with Gasteiger partial charge in [0.15, 0.2) is 0 Å². The minimum atomic E-state index is 0.426. The molecule has 3 rings (SSSR count). The third kappa shape index (κ3) is 4.83. The van der Waals surface area contributed by atoms with Crippen molar-refractivity contribution < 1.29 is 4.74 Å². The van der Waals surface area contributed by atoms with Gasteiger partial charge in [-0.1, -0.05) is 42.0 Å². The zero-order valence-electron chi connectivity index (χ0n) is 15.7. The van der Waals surface area contributed by atoms with Crippen LogP contribution in [0.1, 0.15) is 25.3 Å². The summed E-state index contributed by atoms with van der Waals surface area (Å²) in [6.07, 6.45) is 2.38. The van der Waals surface area contributed by atoms with Crippen LogP contribution in [0.5, 0.6) is 0 Å².